The van der Waals surface area contributed by atoms with E-state index in [1.165, 1.54) is 0 Å². The van der Waals surface area contributed by atoms with Crippen LogP contribution in [0.3, 0.4) is 0 Å². The summed E-state index contributed by atoms with van der Waals surface area (Å²) in [7, 11) is 0. The lowest BCUT2D eigenvalue weighted by molar-refractivity contribution is -0.140. The van der Waals surface area contributed by atoms with Crippen LogP contribution in [0.5, 0.6) is 0 Å². The summed E-state index contributed by atoms with van der Waals surface area (Å²) in [6.07, 6.45) is 1.28. The summed E-state index contributed by atoms with van der Waals surface area (Å²) in [6, 6.07) is 0. The van der Waals surface area contributed by atoms with Crippen LogP contribution >= 0.6 is 0 Å². The third kappa shape index (κ3) is 2.97. The minimum atomic E-state index is -0.186. The van der Waals surface area contributed by atoms with E-state index in [0.29, 0.717) is 26.1 Å². The zero-order valence-electron chi connectivity index (χ0n) is 8.03. The number of morpholine rings is 1. The van der Waals surface area contributed by atoms with Crippen LogP contribution in [-0.4, -0.2) is 48.3 Å². The maximum atomic E-state index is 11.4. The number of carbonyl (C=O) groups excluding carboxylic acids is 1. The molecule has 13 heavy (non-hydrogen) atoms. The van der Waals surface area contributed by atoms with Crippen molar-refractivity contribution in [1.82, 2.24) is 4.90 Å². The highest BCUT2D eigenvalue weighted by Crippen LogP contribution is 2.06. The molecule has 0 aliphatic carbocycles. The van der Waals surface area contributed by atoms with Crippen molar-refractivity contribution in [2.45, 2.75) is 25.9 Å². The van der Waals surface area contributed by atoms with E-state index in [-0.39, 0.29) is 18.6 Å². The van der Waals surface area contributed by atoms with Crippen molar-refractivity contribution < 1.29 is 14.6 Å². The number of hydrogen-bond acceptors (Lipinski definition) is 3. The molecule has 1 atom stereocenters. The number of rotatable bonds is 3. The van der Waals surface area contributed by atoms with Gasteiger partial charge in [-0.25, -0.2) is 0 Å². The van der Waals surface area contributed by atoms with Crippen molar-refractivity contribution in [2.75, 3.05) is 26.3 Å². The number of aliphatic hydroxyl groups excluding tert-OH is 1. The van der Waals surface area contributed by atoms with Gasteiger partial charge < -0.3 is 14.7 Å². The molecular weight excluding hydrogens is 170 g/mol. The van der Waals surface area contributed by atoms with E-state index in [0.717, 1.165) is 6.42 Å². The van der Waals surface area contributed by atoms with Crippen LogP contribution in [0.25, 0.3) is 0 Å². The lowest BCUT2D eigenvalue weighted by Gasteiger charge is -2.32. The van der Waals surface area contributed by atoms with Gasteiger partial charge in [0.1, 0.15) is 0 Å². The van der Waals surface area contributed by atoms with Gasteiger partial charge >= 0.3 is 0 Å². The van der Waals surface area contributed by atoms with Gasteiger partial charge in [-0.05, 0) is 6.42 Å². The van der Waals surface area contributed by atoms with Crippen molar-refractivity contribution in [3.63, 3.8) is 0 Å². The van der Waals surface area contributed by atoms with Crippen LogP contribution < -0.4 is 0 Å². The molecule has 1 rings (SSSR count). The van der Waals surface area contributed by atoms with E-state index in [1.54, 1.807) is 4.90 Å². The molecule has 1 heterocycles. The average Bonchev–Trinajstić information content (AvgIpc) is 2.18. The van der Waals surface area contributed by atoms with Gasteiger partial charge in [-0.3, -0.25) is 4.79 Å². The number of carbonyl (C=O) groups is 1. The standard InChI is InChI=1S/C9H17NO3/c1-2-3-9(12)10-4-5-13-8(6-10)7-11/h8,11H,2-7H2,1H3. The second-order valence-corrected chi connectivity index (χ2v) is 3.27. The summed E-state index contributed by atoms with van der Waals surface area (Å²) in [5.74, 6) is 0.171. The summed E-state index contributed by atoms with van der Waals surface area (Å²) in [5, 5.41) is 8.86. The Balaban J connectivity index is 2.37. The molecule has 76 valence electrons. The molecule has 1 amide bonds. The van der Waals surface area contributed by atoms with E-state index in [2.05, 4.69) is 0 Å². The van der Waals surface area contributed by atoms with Gasteiger partial charge in [-0.2, -0.15) is 0 Å². The number of hydrogen-bond donors (Lipinski definition) is 1. The molecule has 1 N–H and O–H groups in total. The molecule has 0 spiro atoms. The highest BCUT2D eigenvalue weighted by Gasteiger charge is 2.22. The monoisotopic (exact) mass is 187 g/mol. The van der Waals surface area contributed by atoms with Crippen molar-refractivity contribution in [2.24, 2.45) is 0 Å². The Morgan fingerprint density at radius 1 is 1.69 bits per heavy atom. The van der Waals surface area contributed by atoms with Crippen molar-refractivity contribution in [3.05, 3.63) is 0 Å². The van der Waals surface area contributed by atoms with Crippen LogP contribution in [0, 0.1) is 0 Å². The summed E-state index contributed by atoms with van der Waals surface area (Å²) < 4.78 is 5.24. The summed E-state index contributed by atoms with van der Waals surface area (Å²) >= 11 is 0. The van der Waals surface area contributed by atoms with Gasteiger partial charge in [0, 0.05) is 19.5 Å². The second-order valence-electron chi connectivity index (χ2n) is 3.27. The van der Waals surface area contributed by atoms with Gasteiger partial charge in [0.05, 0.1) is 19.3 Å². The van der Waals surface area contributed by atoms with Crippen LogP contribution in [0.15, 0.2) is 0 Å². The molecule has 0 saturated carbocycles. The predicted molar refractivity (Wildman–Crippen MR) is 48.3 cm³/mol. The van der Waals surface area contributed by atoms with Crippen LogP contribution in [0.2, 0.25) is 0 Å². The molecule has 1 aliphatic heterocycles. The minimum Gasteiger partial charge on any atom is -0.394 e. The quantitative estimate of drug-likeness (QED) is 0.677. The molecule has 1 aliphatic rings. The van der Waals surface area contributed by atoms with E-state index < -0.39 is 0 Å². The summed E-state index contributed by atoms with van der Waals surface area (Å²) in [4.78, 5) is 13.2. The topological polar surface area (TPSA) is 49.8 Å². The van der Waals surface area contributed by atoms with Gasteiger partial charge in [-0.15, -0.1) is 0 Å². The third-order valence-electron chi connectivity index (χ3n) is 2.16. The lowest BCUT2D eigenvalue weighted by atomic mass is 10.2. The van der Waals surface area contributed by atoms with E-state index >= 15 is 0 Å². The van der Waals surface area contributed by atoms with Gasteiger partial charge in [0.2, 0.25) is 5.91 Å². The number of amides is 1. The zero-order chi connectivity index (χ0) is 9.68. The normalized spacial score (nSPS) is 23.2. The number of ether oxygens (including phenoxy) is 1. The zero-order valence-corrected chi connectivity index (χ0v) is 8.03. The molecule has 0 radical (unpaired) electrons. The van der Waals surface area contributed by atoms with Gasteiger partial charge in [0.25, 0.3) is 0 Å². The molecule has 1 unspecified atom stereocenters. The predicted octanol–water partition coefficient (Wildman–Crippen LogP) is 0.00620. The largest absolute Gasteiger partial charge is 0.394 e. The van der Waals surface area contributed by atoms with Crippen molar-refractivity contribution in [1.29, 1.82) is 0 Å². The van der Waals surface area contributed by atoms with Crippen LogP contribution in [0.4, 0.5) is 0 Å². The number of aliphatic hydroxyl groups is 1. The van der Waals surface area contributed by atoms with E-state index in [9.17, 15) is 4.79 Å². The highest BCUT2D eigenvalue weighted by atomic mass is 16.5. The Morgan fingerprint density at radius 3 is 3.08 bits per heavy atom. The maximum absolute atomic E-state index is 11.4. The molecule has 0 aromatic heterocycles. The molecule has 0 aromatic rings. The molecule has 0 bridgehead atoms. The Kier molecular flexibility index (Phi) is 4.18. The first-order valence-electron chi connectivity index (χ1n) is 4.78. The number of nitrogens with zero attached hydrogens (tertiary/aromatic N) is 1. The Hall–Kier alpha value is -0.610. The van der Waals surface area contributed by atoms with Crippen LogP contribution in [-0.2, 0) is 9.53 Å². The molecule has 0 aromatic carbocycles. The molecule has 1 saturated heterocycles. The van der Waals surface area contributed by atoms with Gasteiger partial charge in [-0.1, -0.05) is 6.92 Å². The van der Waals surface area contributed by atoms with E-state index in [4.69, 9.17) is 9.84 Å². The lowest BCUT2D eigenvalue weighted by Crippen LogP contribution is -2.46. The molecule has 4 heteroatoms. The summed E-state index contributed by atoms with van der Waals surface area (Å²) in [6.45, 7) is 3.73. The Labute approximate surface area is 78.5 Å². The van der Waals surface area contributed by atoms with Crippen molar-refractivity contribution >= 4 is 5.91 Å². The fraction of sp³-hybridized carbons (Fsp3) is 0.889. The second kappa shape index (κ2) is 5.19. The molecular formula is C9H17NO3. The first-order valence-corrected chi connectivity index (χ1v) is 4.78. The van der Waals surface area contributed by atoms with Gasteiger partial charge in [0.15, 0.2) is 0 Å². The third-order valence-corrected chi connectivity index (χ3v) is 2.16. The Bertz CT molecular complexity index is 172. The van der Waals surface area contributed by atoms with Crippen LogP contribution in [0.1, 0.15) is 19.8 Å². The van der Waals surface area contributed by atoms with E-state index in [1.807, 2.05) is 6.92 Å². The minimum absolute atomic E-state index is 0.00406. The van der Waals surface area contributed by atoms with Crippen molar-refractivity contribution in [3.8, 4) is 0 Å². The first-order chi connectivity index (χ1) is 6.27. The summed E-state index contributed by atoms with van der Waals surface area (Å²) in [5.41, 5.74) is 0. The highest BCUT2D eigenvalue weighted by molar-refractivity contribution is 5.76. The maximum Gasteiger partial charge on any atom is 0.222 e. The SMILES string of the molecule is CCCC(=O)N1CCOC(CO)C1. The average molecular weight is 187 g/mol. The molecule has 4 nitrogen and oxygen atoms in total. The fourth-order valence-corrected chi connectivity index (χ4v) is 1.43. The molecule has 1 fully saturated rings. The fourth-order valence-electron chi connectivity index (χ4n) is 1.43. The Morgan fingerprint density at radius 2 is 2.46 bits per heavy atom. The first kappa shape index (κ1) is 10.5. The smallest absolute Gasteiger partial charge is 0.222 e.